The monoisotopic (exact) mass is 244 g/mol. The Morgan fingerprint density at radius 1 is 1.50 bits per heavy atom. The van der Waals surface area contributed by atoms with Gasteiger partial charge in [0.05, 0.1) is 0 Å². The molecule has 1 aliphatic rings. The molecule has 0 aromatic carbocycles. The second kappa shape index (κ2) is 6.55. The highest BCUT2D eigenvalue weighted by atomic mass is 35.5. The van der Waals surface area contributed by atoms with Crippen LogP contribution in [-0.4, -0.2) is 29.3 Å². The van der Waals surface area contributed by atoms with E-state index >= 15 is 0 Å². The van der Waals surface area contributed by atoms with Gasteiger partial charge >= 0.3 is 0 Å². The quantitative estimate of drug-likeness (QED) is 0.850. The van der Waals surface area contributed by atoms with Crippen molar-refractivity contribution in [1.29, 1.82) is 0 Å². The van der Waals surface area contributed by atoms with Crippen molar-refractivity contribution in [2.75, 3.05) is 13.2 Å². The van der Waals surface area contributed by atoms with Crippen molar-refractivity contribution in [2.45, 2.75) is 25.3 Å². The molecule has 1 fully saturated rings. The Kier molecular flexibility index (Phi) is 5.35. The van der Waals surface area contributed by atoms with Gasteiger partial charge < -0.3 is 15.2 Å². The van der Waals surface area contributed by atoms with Crippen molar-refractivity contribution in [3.63, 3.8) is 0 Å². The minimum atomic E-state index is 0. The van der Waals surface area contributed by atoms with Crippen LogP contribution in [0.2, 0.25) is 0 Å². The first-order valence-corrected chi connectivity index (χ1v) is 5.36. The average Bonchev–Trinajstić information content (AvgIpc) is 2.29. The summed E-state index contributed by atoms with van der Waals surface area (Å²) in [5.74, 6) is 0.429. The van der Waals surface area contributed by atoms with Crippen LogP contribution in [0.5, 0.6) is 11.6 Å². The predicted molar refractivity (Wildman–Crippen MR) is 64.3 cm³/mol. The third kappa shape index (κ3) is 3.54. The van der Waals surface area contributed by atoms with E-state index < -0.39 is 0 Å². The molecule has 2 rings (SSSR count). The molecule has 2 heterocycles. The van der Waals surface area contributed by atoms with Gasteiger partial charge in [-0.3, -0.25) is 0 Å². The molecule has 0 radical (unpaired) electrons. The van der Waals surface area contributed by atoms with E-state index in [2.05, 4.69) is 10.3 Å². The second-order valence-corrected chi connectivity index (χ2v) is 3.79. The molecule has 1 aliphatic heterocycles. The molecule has 1 unspecified atom stereocenters. The van der Waals surface area contributed by atoms with Gasteiger partial charge in [0.25, 0.3) is 5.88 Å². The first kappa shape index (κ1) is 13.1. The van der Waals surface area contributed by atoms with Crippen LogP contribution < -0.4 is 10.1 Å². The number of rotatable bonds is 3. The lowest BCUT2D eigenvalue weighted by molar-refractivity contribution is 0.224. The molecule has 2 N–H and O–H groups in total. The van der Waals surface area contributed by atoms with Crippen molar-refractivity contribution in [3.8, 4) is 11.6 Å². The fourth-order valence-corrected chi connectivity index (χ4v) is 1.74. The number of ether oxygens (including phenoxy) is 1. The van der Waals surface area contributed by atoms with Crippen LogP contribution in [0.4, 0.5) is 0 Å². The summed E-state index contributed by atoms with van der Waals surface area (Å²) in [7, 11) is 0. The van der Waals surface area contributed by atoms with Gasteiger partial charge in [-0.15, -0.1) is 12.4 Å². The Morgan fingerprint density at radius 3 is 3.06 bits per heavy atom. The average molecular weight is 245 g/mol. The van der Waals surface area contributed by atoms with Crippen LogP contribution in [0.15, 0.2) is 18.3 Å². The first-order valence-electron chi connectivity index (χ1n) is 5.36. The zero-order valence-corrected chi connectivity index (χ0v) is 9.87. The summed E-state index contributed by atoms with van der Waals surface area (Å²) >= 11 is 0. The zero-order valence-electron chi connectivity index (χ0n) is 9.06. The van der Waals surface area contributed by atoms with Gasteiger partial charge in [0, 0.05) is 12.2 Å². The molecule has 1 aromatic rings. The van der Waals surface area contributed by atoms with E-state index in [0.29, 0.717) is 18.5 Å². The topological polar surface area (TPSA) is 54.4 Å². The Bertz CT molecular complexity index is 317. The third-order valence-electron chi connectivity index (χ3n) is 2.58. The number of piperidine rings is 1. The number of hydrogen-bond acceptors (Lipinski definition) is 4. The van der Waals surface area contributed by atoms with Crippen molar-refractivity contribution >= 4 is 12.4 Å². The van der Waals surface area contributed by atoms with E-state index in [1.54, 1.807) is 18.3 Å². The molecule has 90 valence electrons. The van der Waals surface area contributed by atoms with Gasteiger partial charge in [-0.2, -0.15) is 0 Å². The fraction of sp³-hybridized carbons (Fsp3) is 0.545. The summed E-state index contributed by atoms with van der Waals surface area (Å²) in [6.07, 6.45) is 5.23. The van der Waals surface area contributed by atoms with Gasteiger partial charge in [-0.1, -0.05) is 6.42 Å². The molecule has 0 amide bonds. The Labute approximate surface area is 101 Å². The van der Waals surface area contributed by atoms with E-state index in [9.17, 15) is 5.11 Å². The van der Waals surface area contributed by atoms with Crippen LogP contribution in [0.1, 0.15) is 19.3 Å². The number of nitrogens with zero attached hydrogens (tertiary/aromatic N) is 1. The highest BCUT2D eigenvalue weighted by Crippen LogP contribution is 2.21. The molecule has 0 aliphatic carbocycles. The van der Waals surface area contributed by atoms with E-state index in [1.165, 1.54) is 12.8 Å². The van der Waals surface area contributed by atoms with E-state index in [1.807, 2.05) is 0 Å². The predicted octanol–water partition coefficient (Wildman–Crippen LogP) is 1.73. The maximum Gasteiger partial charge on any atom is 0.256 e. The molecule has 1 aromatic heterocycles. The smallest absolute Gasteiger partial charge is 0.256 e. The Hall–Kier alpha value is -1.00. The summed E-state index contributed by atoms with van der Waals surface area (Å²) in [4.78, 5) is 3.96. The lowest BCUT2D eigenvalue weighted by Gasteiger charge is -2.23. The molecule has 1 saturated heterocycles. The van der Waals surface area contributed by atoms with Gasteiger partial charge in [0.1, 0.15) is 6.61 Å². The molecular weight excluding hydrogens is 228 g/mol. The standard InChI is InChI=1S/C11H16N2O2.ClH/c14-10-5-3-7-13-11(10)15-8-9-4-1-2-6-12-9;/h3,5,7,9,12,14H,1-2,4,6,8H2;1H. The van der Waals surface area contributed by atoms with Crippen LogP contribution >= 0.6 is 12.4 Å². The fourth-order valence-electron chi connectivity index (χ4n) is 1.74. The van der Waals surface area contributed by atoms with Crippen molar-refractivity contribution in [1.82, 2.24) is 10.3 Å². The number of nitrogens with one attached hydrogen (secondary N) is 1. The summed E-state index contributed by atoms with van der Waals surface area (Å²) in [5.41, 5.74) is 0. The van der Waals surface area contributed by atoms with Crippen LogP contribution in [-0.2, 0) is 0 Å². The number of aromatic hydroxyl groups is 1. The zero-order chi connectivity index (χ0) is 10.5. The number of pyridine rings is 1. The first-order chi connectivity index (χ1) is 7.36. The van der Waals surface area contributed by atoms with Gasteiger partial charge in [-0.05, 0) is 31.5 Å². The molecule has 0 spiro atoms. The SMILES string of the molecule is Cl.Oc1cccnc1OCC1CCCCN1. The van der Waals surface area contributed by atoms with Gasteiger partial charge in [-0.25, -0.2) is 4.98 Å². The number of halogens is 1. The normalized spacial score (nSPS) is 19.9. The Morgan fingerprint density at radius 2 is 2.38 bits per heavy atom. The molecule has 5 heteroatoms. The van der Waals surface area contributed by atoms with E-state index in [-0.39, 0.29) is 18.2 Å². The molecule has 16 heavy (non-hydrogen) atoms. The van der Waals surface area contributed by atoms with Crippen molar-refractivity contribution in [2.24, 2.45) is 0 Å². The number of aromatic nitrogens is 1. The Balaban J connectivity index is 0.00000128. The van der Waals surface area contributed by atoms with Crippen molar-refractivity contribution in [3.05, 3.63) is 18.3 Å². The van der Waals surface area contributed by atoms with Gasteiger partial charge in [0.15, 0.2) is 5.75 Å². The summed E-state index contributed by atoms with van der Waals surface area (Å²) < 4.78 is 5.45. The van der Waals surface area contributed by atoms with Gasteiger partial charge in [0.2, 0.25) is 0 Å². The third-order valence-corrected chi connectivity index (χ3v) is 2.58. The highest BCUT2D eigenvalue weighted by molar-refractivity contribution is 5.85. The van der Waals surface area contributed by atoms with Crippen molar-refractivity contribution < 1.29 is 9.84 Å². The molecular formula is C11H17ClN2O2. The molecule has 1 atom stereocenters. The maximum atomic E-state index is 9.43. The minimum absolute atomic E-state index is 0. The van der Waals surface area contributed by atoms with Crippen LogP contribution in [0.3, 0.4) is 0 Å². The lowest BCUT2D eigenvalue weighted by Crippen LogP contribution is -2.38. The van der Waals surface area contributed by atoms with Crippen LogP contribution in [0.25, 0.3) is 0 Å². The largest absolute Gasteiger partial charge is 0.503 e. The summed E-state index contributed by atoms with van der Waals surface area (Å²) in [6, 6.07) is 3.65. The lowest BCUT2D eigenvalue weighted by atomic mass is 10.1. The van der Waals surface area contributed by atoms with E-state index in [4.69, 9.17) is 4.74 Å². The molecule has 4 nitrogen and oxygen atoms in total. The number of hydrogen-bond donors (Lipinski definition) is 2. The second-order valence-electron chi connectivity index (χ2n) is 3.79. The summed E-state index contributed by atoms with van der Waals surface area (Å²) in [6.45, 7) is 1.63. The molecule has 0 bridgehead atoms. The maximum absolute atomic E-state index is 9.43. The minimum Gasteiger partial charge on any atom is -0.503 e. The van der Waals surface area contributed by atoms with Crippen LogP contribution in [0, 0.1) is 0 Å². The molecule has 0 saturated carbocycles. The highest BCUT2D eigenvalue weighted by Gasteiger charge is 2.13. The van der Waals surface area contributed by atoms with E-state index in [0.717, 1.165) is 13.0 Å². The summed E-state index contributed by atoms with van der Waals surface area (Å²) in [5, 5.41) is 12.8.